The minimum atomic E-state index is -0.852. The summed E-state index contributed by atoms with van der Waals surface area (Å²) in [6.07, 6.45) is 5.61. The van der Waals surface area contributed by atoms with Gasteiger partial charge in [-0.3, -0.25) is 9.80 Å². The van der Waals surface area contributed by atoms with Crippen LogP contribution in [0.1, 0.15) is 12.8 Å². The SMILES string of the molecule is O=C(O)/C=C/CN1CCN2CCC[C@@H]2C1. The van der Waals surface area contributed by atoms with Gasteiger partial charge in [-0.25, -0.2) is 4.79 Å². The Bertz CT molecular complexity index is 265. The largest absolute Gasteiger partial charge is 0.478 e. The van der Waals surface area contributed by atoms with E-state index in [1.807, 2.05) is 0 Å². The third-order valence-electron chi connectivity index (χ3n) is 3.30. The maximum absolute atomic E-state index is 10.3. The normalized spacial score (nSPS) is 28.4. The average molecular weight is 210 g/mol. The lowest BCUT2D eigenvalue weighted by Crippen LogP contribution is -2.49. The van der Waals surface area contributed by atoms with E-state index >= 15 is 0 Å². The maximum Gasteiger partial charge on any atom is 0.328 e. The highest BCUT2D eigenvalue weighted by Gasteiger charge is 2.29. The number of rotatable bonds is 3. The predicted octanol–water partition coefficient (Wildman–Crippen LogP) is 0.407. The third kappa shape index (κ3) is 2.79. The van der Waals surface area contributed by atoms with Gasteiger partial charge in [0, 0.05) is 38.3 Å². The van der Waals surface area contributed by atoms with Gasteiger partial charge in [-0.2, -0.15) is 0 Å². The number of nitrogens with zero attached hydrogens (tertiary/aromatic N) is 2. The Morgan fingerprint density at radius 1 is 1.40 bits per heavy atom. The first-order valence-electron chi connectivity index (χ1n) is 5.61. The number of hydrogen-bond acceptors (Lipinski definition) is 3. The number of carboxylic acid groups (broad SMARTS) is 1. The van der Waals surface area contributed by atoms with Crippen LogP contribution in [0.5, 0.6) is 0 Å². The highest BCUT2D eigenvalue weighted by molar-refractivity contribution is 5.79. The summed E-state index contributed by atoms with van der Waals surface area (Å²) in [6, 6.07) is 0.719. The molecule has 0 aromatic carbocycles. The van der Waals surface area contributed by atoms with E-state index in [-0.39, 0.29) is 0 Å². The van der Waals surface area contributed by atoms with Gasteiger partial charge in [-0.15, -0.1) is 0 Å². The first-order chi connectivity index (χ1) is 7.25. The maximum atomic E-state index is 10.3. The number of aliphatic carboxylic acids is 1. The summed E-state index contributed by atoms with van der Waals surface area (Å²) in [5.41, 5.74) is 0. The van der Waals surface area contributed by atoms with Crippen LogP contribution in [-0.4, -0.2) is 59.6 Å². The molecule has 2 rings (SSSR count). The number of piperazine rings is 1. The molecule has 0 radical (unpaired) electrons. The molecule has 15 heavy (non-hydrogen) atoms. The molecular formula is C11H18N2O2. The van der Waals surface area contributed by atoms with Crippen LogP contribution in [0.15, 0.2) is 12.2 Å². The fourth-order valence-corrected chi connectivity index (χ4v) is 2.52. The minimum absolute atomic E-state index is 0.719. The van der Waals surface area contributed by atoms with Crippen LogP contribution in [0.25, 0.3) is 0 Å². The Morgan fingerprint density at radius 2 is 2.27 bits per heavy atom. The van der Waals surface area contributed by atoms with Crippen molar-refractivity contribution < 1.29 is 9.90 Å². The molecule has 0 aromatic heterocycles. The summed E-state index contributed by atoms with van der Waals surface area (Å²) >= 11 is 0. The van der Waals surface area contributed by atoms with Gasteiger partial charge in [0.05, 0.1) is 0 Å². The second-order valence-electron chi connectivity index (χ2n) is 4.33. The molecule has 1 atom stereocenters. The molecule has 2 heterocycles. The number of carbonyl (C=O) groups is 1. The fourth-order valence-electron chi connectivity index (χ4n) is 2.52. The Kier molecular flexibility index (Phi) is 3.38. The zero-order chi connectivity index (χ0) is 10.7. The van der Waals surface area contributed by atoms with Crippen LogP contribution in [0.3, 0.4) is 0 Å². The summed E-state index contributed by atoms with van der Waals surface area (Å²) in [4.78, 5) is 15.2. The molecule has 84 valence electrons. The summed E-state index contributed by atoms with van der Waals surface area (Å²) < 4.78 is 0. The fraction of sp³-hybridized carbons (Fsp3) is 0.727. The Morgan fingerprint density at radius 3 is 3.07 bits per heavy atom. The molecule has 4 nitrogen and oxygen atoms in total. The van der Waals surface area contributed by atoms with Crippen LogP contribution < -0.4 is 0 Å². The van der Waals surface area contributed by atoms with Crippen molar-refractivity contribution >= 4 is 5.97 Å². The summed E-state index contributed by atoms with van der Waals surface area (Å²) in [5.74, 6) is -0.852. The van der Waals surface area contributed by atoms with Crippen LogP contribution >= 0.6 is 0 Å². The van der Waals surface area contributed by atoms with E-state index in [2.05, 4.69) is 9.80 Å². The first kappa shape index (κ1) is 10.6. The molecular weight excluding hydrogens is 192 g/mol. The molecule has 2 saturated heterocycles. The molecule has 0 saturated carbocycles. The second kappa shape index (κ2) is 4.77. The van der Waals surface area contributed by atoms with Crippen LogP contribution in [0.2, 0.25) is 0 Å². The van der Waals surface area contributed by atoms with Gasteiger partial charge in [0.15, 0.2) is 0 Å². The molecule has 0 unspecified atom stereocenters. The Balaban J connectivity index is 1.78. The van der Waals surface area contributed by atoms with Crippen molar-refractivity contribution in [3.8, 4) is 0 Å². The molecule has 0 aromatic rings. The molecule has 0 amide bonds. The van der Waals surface area contributed by atoms with Crippen LogP contribution in [0, 0.1) is 0 Å². The molecule has 0 spiro atoms. The molecule has 2 aliphatic heterocycles. The topological polar surface area (TPSA) is 43.8 Å². The Labute approximate surface area is 90.2 Å². The highest BCUT2D eigenvalue weighted by Crippen LogP contribution is 2.21. The smallest absolute Gasteiger partial charge is 0.328 e. The average Bonchev–Trinajstić information content (AvgIpc) is 2.64. The van der Waals surface area contributed by atoms with Crippen molar-refractivity contribution in [1.82, 2.24) is 9.80 Å². The first-order valence-corrected chi connectivity index (χ1v) is 5.61. The quantitative estimate of drug-likeness (QED) is 0.685. The van der Waals surface area contributed by atoms with Gasteiger partial charge >= 0.3 is 5.97 Å². The van der Waals surface area contributed by atoms with Gasteiger partial charge in [-0.05, 0) is 19.4 Å². The molecule has 4 heteroatoms. The number of carboxylic acids is 1. The third-order valence-corrected chi connectivity index (χ3v) is 3.30. The van der Waals surface area contributed by atoms with Crippen molar-refractivity contribution in [2.45, 2.75) is 18.9 Å². The van der Waals surface area contributed by atoms with Gasteiger partial charge in [-0.1, -0.05) is 6.08 Å². The number of hydrogen-bond donors (Lipinski definition) is 1. The summed E-state index contributed by atoms with van der Waals surface area (Å²) in [6.45, 7) is 5.34. The molecule has 0 bridgehead atoms. The van der Waals surface area contributed by atoms with E-state index in [1.165, 1.54) is 25.5 Å². The summed E-state index contributed by atoms with van der Waals surface area (Å²) in [7, 11) is 0. The van der Waals surface area contributed by atoms with E-state index in [1.54, 1.807) is 6.08 Å². The van der Waals surface area contributed by atoms with Crippen molar-refractivity contribution in [1.29, 1.82) is 0 Å². The minimum Gasteiger partial charge on any atom is -0.478 e. The summed E-state index contributed by atoms with van der Waals surface area (Å²) in [5, 5.41) is 8.48. The second-order valence-corrected chi connectivity index (χ2v) is 4.33. The van der Waals surface area contributed by atoms with E-state index < -0.39 is 5.97 Å². The van der Waals surface area contributed by atoms with Gasteiger partial charge in [0.1, 0.15) is 0 Å². The van der Waals surface area contributed by atoms with E-state index in [0.29, 0.717) is 0 Å². The zero-order valence-electron chi connectivity index (χ0n) is 8.93. The lowest BCUT2D eigenvalue weighted by molar-refractivity contribution is -0.131. The number of fused-ring (bicyclic) bond motifs is 1. The standard InChI is InChI=1S/C11H18N2O2/c14-11(15)4-2-5-12-7-8-13-6-1-3-10(13)9-12/h2,4,10H,1,3,5-9H2,(H,14,15)/b4-2+/t10-/m1/s1. The molecule has 2 aliphatic rings. The van der Waals surface area contributed by atoms with Crippen LogP contribution in [-0.2, 0) is 4.79 Å². The van der Waals surface area contributed by atoms with Gasteiger partial charge in [0.25, 0.3) is 0 Å². The lowest BCUT2D eigenvalue weighted by atomic mass is 10.1. The molecule has 2 fully saturated rings. The van der Waals surface area contributed by atoms with E-state index in [4.69, 9.17) is 5.11 Å². The predicted molar refractivity (Wildman–Crippen MR) is 57.8 cm³/mol. The van der Waals surface area contributed by atoms with Gasteiger partial charge < -0.3 is 5.11 Å². The van der Waals surface area contributed by atoms with Crippen molar-refractivity contribution in [3.63, 3.8) is 0 Å². The lowest BCUT2D eigenvalue weighted by Gasteiger charge is -2.36. The molecule has 0 aliphatic carbocycles. The van der Waals surface area contributed by atoms with Crippen molar-refractivity contribution in [3.05, 3.63) is 12.2 Å². The zero-order valence-corrected chi connectivity index (χ0v) is 8.93. The van der Waals surface area contributed by atoms with Gasteiger partial charge in [0.2, 0.25) is 0 Å². The van der Waals surface area contributed by atoms with Crippen molar-refractivity contribution in [2.75, 3.05) is 32.7 Å². The monoisotopic (exact) mass is 210 g/mol. The Hall–Kier alpha value is -0.870. The highest BCUT2D eigenvalue weighted by atomic mass is 16.4. The van der Waals surface area contributed by atoms with E-state index in [9.17, 15) is 4.79 Å². The van der Waals surface area contributed by atoms with E-state index in [0.717, 1.165) is 32.2 Å². The molecule has 1 N–H and O–H groups in total. The van der Waals surface area contributed by atoms with Crippen molar-refractivity contribution in [2.24, 2.45) is 0 Å². The van der Waals surface area contributed by atoms with Crippen LogP contribution in [0.4, 0.5) is 0 Å².